The second-order valence-corrected chi connectivity index (χ2v) is 8.15. The number of thioether (sulfide) groups is 1. The van der Waals surface area contributed by atoms with Gasteiger partial charge in [0.2, 0.25) is 5.91 Å². The maximum Gasteiger partial charge on any atom is 0.262 e. The van der Waals surface area contributed by atoms with Crippen LogP contribution in [0.1, 0.15) is 20.3 Å². The van der Waals surface area contributed by atoms with Crippen molar-refractivity contribution in [3.05, 3.63) is 58.9 Å². The predicted molar refractivity (Wildman–Crippen MR) is 124 cm³/mol. The lowest BCUT2D eigenvalue weighted by molar-refractivity contribution is -0.113. The number of rotatable bonds is 10. The van der Waals surface area contributed by atoms with Crippen LogP contribution in [0.25, 0.3) is 10.9 Å². The third kappa shape index (κ3) is 6.32. The van der Waals surface area contributed by atoms with Crippen LogP contribution in [0.15, 0.2) is 58.5 Å². The van der Waals surface area contributed by atoms with E-state index in [1.54, 1.807) is 29.9 Å². The monoisotopic (exact) mass is 441 g/mol. The van der Waals surface area contributed by atoms with Gasteiger partial charge in [0.25, 0.3) is 5.56 Å². The first kappa shape index (κ1) is 22.8. The first-order valence-corrected chi connectivity index (χ1v) is 11.1. The molecule has 1 N–H and O–H groups in total. The molecule has 0 saturated heterocycles. The molecule has 1 amide bonds. The first-order valence-electron chi connectivity index (χ1n) is 10.2. The average Bonchev–Trinajstić information content (AvgIpc) is 2.76. The van der Waals surface area contributed by atoms with Crippen LogP contribution in [-0.4, -0.2) is 41.0 Å². The highest BCUT2D eigenvalue weighted by Gasteiger charge is 2.13. The second-order valence-electron chi connectivity index (χ2n) is 7.21. The molecule has 0 spiro atoms. The highest BCUT2D eigenvalue weighted by Crippen LogP contribution is 2.20. The standard InChI is InChI=1S/C23H27N3O4S/c1-16(2)30-13-7-12-26-22(28)19-10-4-5-11-20(19)25-23(26)31-15-21(27)24-17-8-6-9-18(14-17)29-3/h4-6,8-11,14,16H,7,12-13,15H2,1-3H3,(H,24,27). The Morgan fingerprint density at radius 3 is 2.77 bits per heavy atom. The van der Waals surface area contributed by atoms with Gasteiger partial charge >= 0.3 is 0 Å². The third-order valence-corrected chi connectivity index (χ3v) is 5.47. The summed E-state index contributed by atoms with van der Waals surface area (Å²) >= 11 is 1.25. The van der Waals surface area contributed by atoms with Crippen molar-refractivity contribution < 1.29 is 14.3 Å². The number of carbonyl (C=O) groups is 1. The van der Waals surface area contributed by atoms with Crippen molar-refractivity contribution in [2.24, 2.45) is 0 Å². The van der Waals surface area contributed by atoms with Crippen LogP contribution >= 0.6 is 11.8 Å². The summed E-state index contributed by atoms with van der Waals surface area (Å²) in [6.07, 6.45) is 0.822. The number of nitrogens with one attached hydrogen (secondary N) is 1. The number of anilines is 1. The fraction of sp³-hybridized carbons (Fsp3) is 0.348. The van der Waals surface area contributed by atoms with E-state index < -0.39 is 0 Å². The van der Waals surface area contributed by atoms with Crippen LogP contribution in [-0.2, 0) is 16.1 Å². The number of ether oxygens (including phenoxy) is 2. The molecule has 0 saturated carbocycles. The van der Waals surface area contributed by atoms with E-state index in [1.165, 1.54) is 11.8 Å². The Morgan fingerprint density at radius 1 is 1.19 bits per heavy atom. The second kappa shape index (κ2) is 11.0. The molecule has 1 aromatic heterocycles. The summed E-state index contributed by atoms with van der Waals surface area (Å²) in [6, 6.07) is 14.4. The number of carbonyl (C=O) groups excluding carboxylic acids is 1. The molecule has 1 heterocycles. The lowest BCUT2D eigenvalue weighted by Gasteiger charge is -2.14. The summed E-state index contributed by atoms with van der Waals surface area (Å²) in [7, 11) is 1.58. The molecule has 164 valence electrons. The van der Waals surface area contributed by atoms with Crippen LogP contribution in [0.2, 0.25) is 0 Å². The van der Waals surface area contributed by atoms with Crippen LogP contribution < -0.4 is 15.6 Å². The number of hydrogen-bond donors (Lipinski definition) is 1. The molecule has 0 unspecified atom stereocenters. The van der Waals surface area contributed by atoms with Crippen molar-refractivity contribution in [3.63, 3.8) is 0 Å². The highest BCUT2D eigenvalue weighted by molar-refractivity contribution is 7.99. The van der Waals surface area contributed by atoms with Crippen molar-refractivity contribution in [2.75, 3.05) is 24.8 Å². The van der Waals surface area contributed by atoms with Gasteiger partial charge in [-0.05, 0) is 44.5 Å². The van der Waals surface area contributed by atoms with E-state index >= 15 is 0 Å². The van der Waals surface area contributed by atoms with Gasteiger partial charge in [-0.2, -0.15) is 0 Å². The number of methoxy groups -OCH3 is 1. The fourth-order valence-electron chi connectivity index (χ4n) is 3.02. The van der Waals surface area contributed by atoms with Crippen molar-refractivity contribution in [3.8, 4) is 5.75 Å². The van der Waals surface area contributed by atoms with E-state index in [-0.39, 0.29) is 23.3 Å². The van der Waals surface area contributed by atoms with Crippen LogP contribution in [0.3, 0.4) is 0 Å². The molecule has 0 atom stereocenters. The number of para-hydroxylation sites is 1. The molecular formula is C23H27N3O4S. The molecule has 0 aliphatic carbocycles. The fourth-order valence-corrected chi connectivity index (χ4v) is 3.85. The molecule has 2 aromatic carbocycles. The topological polar surface area (TPSA) is 82.5 Å². The molecule has 3 rings (SSSR count). The van der Waals surface area contributed by atoms with Gasteiger partial charge in [0.15, 0.2) is 5.16 Å². The Balaban J connectivity index is 1.75. The number of fused-ring (bicyclic) bond motifs is 1. The number of benzene rings is 2. The quantitative estimate of drug-likeness (QED) is 0.291. The zero-order valence-corrected chi connectivity index (χ0v) is 18.8. The zero-order valence-electron chi connectivity index (χ0n) is 18.0. The number of nitrogens with zero attached hydrogens (tertiary/aromatic N) is 2. The Bertz CT molecular complexity index is 1100. The first-order chi connectivity index (χ1) is 15.0. The minimum Gasteiger partial charge on any atom is -0.497 e. The molecule has 7 nitrogen and oxygen atoms in total. The van der Waals surface area contributed by atoms with E-state index in [0.29, 0.717) is 47.1 Å². The average molecular weight is 442 g/mol. The number of aromatic nitrogens is 2. The number of hydrogen-bond acceptors (Lipinski definition) is 6. The van der Waals surface area contributed by atoms with Crippen molar-refractivity contribution in [1.29, 1.82) is 0 Å². The molecule has 0 fully saturated rings. The van der Waals surface area contributed by atoms with E-state index in [4.69, 9.17) is 9.47 Å². The van der Waals surface area contributed by atoms with Gasteiger partial charge in [-0.1, -0.05) is 30.0 Å². The smallest absolute Gasteiger partial charge is 0.262 e. The lowest BCUT2D eigenvalue weighted by atomic mass is 10.2. The van der Waals surface area contributed by atoms with Crippen LogP contribution in [0, 0.1) is 0 Å². The Morgan fingerprint density at radius 2 is 2.00 bits per heavy atom. The maximum absolute atomic E-state index is 13.0. The number of amides is 1. The van der Waals surface area contributed by atoms with Crippen LogP contribution in [0.5, 0.6) is 5.75 Å². The van der Waals surface area contributed by atoms with Gasteiger partial charge in [0.1, 0.15) is 5.75 Å². The van der Waals surface area contributed by atoms with Crippen molar-refractivity contribution in [2.45, 2.75) is 38.1 Å². The Hall–Kier alpha value is -2.84. The minimum absolute atomic E-state index is 0.106. The van der Waals surface area contributed by atoms with E-state index in [2.05, 4.69) is 10.3 Å². The largest absolute Gasteiger partial charge is 0.497 e. The van der Waals surface area contributed by atoms with Gasteiger partial charge in [0.05, 0.1) is 29.9 Å². The van der Waals surface area contributed by atoms with E-state index in [9.17, 15) is 9.59 Å². The van der Waals surface area contributed by atoms with Gasteiger partial charge in [0, 0.05) is 24.9 Å². The molecule has 3 aromatic rings. The summed E-state index contributed by atoms with van der Waals surface area (Å²) in [5.74, 6) is 0.610. The highest BCUT2D eigenvalue weighted by atomic mass is 32.2. The maximum atomic E-state index is 13.0. The van der Waals surface area contributed by atoms with Crippen molar-refractivity contribution >= 4 is 34.3 Å². The Kier molecular flexibility index (Phi) is 8.08. The van der Waals surface area contributed by atoms with Crippen LogP contribution in [0.4, 0.5) is 5.69 Å². The third-order valence-electron chi connectivity index (χ3n) is 4.49. The molecule has 0 aliphatic heterocycles. The molecule has 0 bridgehead atoms. The lowest BCUT2D eigenvalue weighted by Crippen LogP contribution is -2.25. The SMILES string of the molecule is COc1cccc(NC(=O)CSc2nc3ccccc3c(=O)n2CCCOC(C)C)c1. The van der Waals surface area contributed by atoms with Gasteiger partial charge in [-0.3, -0.25) is 14.2 Å². The molecule has 31 heavy (non-hydrogen) atoms. The zero-order chi connectivity index (χ0) is 22.2. The summed E-state index contributed by atoms with van der Waals surface area (Å²) in [6.45, 7) is 4.98. The predicted octanol–water partition coefficient (Wildman–Crippen LogP) is 3.95. The molecule has 8 heteroatoms. The summed E-state index contributed by atoms with van der Waals surface area (Å²) in [5.41, 5.74) is 1.17. The normalized spacial score (nSPS) is 11.1. The molecule has 0 radical (unpaired) electrons. The molecular weight excluding hydrogens is 414 g/mol. The summed E-state index contributed by atoms with van der Waals surface area (Å²) in [4.78, 5) is 30.2. The summed E-state index contributed by atoms with van der Waals surface area (Å²) < 4.78 is 12.4. The minimum atomic E-state index is -0.185. The van der Waals surface area contributed by atoms with Crippen molar-refractivity contribution in [1.82, 2.24) is 9.55 Å². The summed E-state index contributed by atoms with van der Waals surface area (Å²) in [5, 5.41) is 3.94. The molecule has 0 aliphatic rings. The van der Waals surface area contributed by atoms with Gasteiger partial charge in [-0.25, -0.2) is 4.98 Å². The van der Waals surface area contributed by atoms with Gasteiger partial charge in [-0.15, -0.1) is 0 Å². The van der Waals surface area contributed by atoms with Gasteiger partial charge < -0.3 is 14.8 Å². The Labute approximate surface area is 185 Å². The van der Waals surface area contributed by atoms with E-state index in [0.717, 1.165) is 0 Å². The van der Waals surface area contributed by atoms with E-state index in [1.807, 2.05) is 44.2 Å².